The van der Waals surface area contributed by atoms with Gasteiger partial charge in [0.2, 0.25) is 5.91 Å². The molecule has 6 nitrogen and oxygen atoms in total. The number of fused-ring (bicyclic) bond motifs is 1. The summed E-state index contributed by atoms with van der Waals surface area (Å²) in [4.78, 5) is 41.0. The van der Waals surface area contributed by atoms with E-state index in [1.54, 1.807) is 11.8 Å². The van der Waals surface area contributed by atoms with Gasteiger partial charge in [-0.15, -0.1) is 0 Å². The van der Waals surface area contributed by atoms with Gasteiger partial charge in [-0.1, -0.05) is 54.6 Å². The molecule has 2 aromatic carbocycles. The van der Waals surface area contributed by atoms with Crippen molar-refractivity contribution in [3.8, 4) is 0 Å². The quantitative estimate of drug-likeness (QED) is 0.620. The number of amides is 4. The second-order valence-electron chi connectivity index (χ2n) is 7.34. The maximum atomic E-state index is 13.2. The fourth-order valence-electron chi connectivity index (χ4n) is 3.62. The molecule has 2 aromatic rings. The van der Waals surface area contributed by atoms with E-state index in [-0.39, 0.29) is 12.5 Å². The molecule has 0 aromatic heterocycles. The Bertz CT molecular complexity index is 963. The molecule has 1 aliphatic heterocycles. The van der Waals surface area contributed by atoms with Gasteiger partial charge in [0.1, 0.15) is 12.1 Å². The zero-order valence-corrected chi connectivity index (χ0v) is 16.5. The minimum absolute atomic E-state index is 0.281. The van der Waals surface area contributed by atoms with Crippen LogP contribution in [0.3, 0.4) is 0 Å². The number of benzene rings is 2. The summed E-state index contributed by atoms with van der Waals surface area (Å²) in [5, 5.41) is 4.67. The van der Waals surface area contributed by atoms with E-state index in [0.29, 0.717) is 18.7 Å². The van der Waals surface area contributed by atoms with Gasteiger partial charge in [0.25, 0.3) is 5.91 Å². The molecule has 28 heavy (non-hydrogen) atoms. The minimum atomic E-state index is -1.22. The van der Waals surface area contributed by atoms with Crippen LogP contribution in [-0.4, -0.2) is 47.3 Å². The summed E-state index contributed by atoms with van der Waals surface area (Å²) in [6, 6.07) is 12.8. The fourth-order valence-corrected chi connectivity index (χ4v) is 3.62. The van der Waals surface area contributed by atoms with Crippen molar-refractivity contribution in [1.82, 2.24) is 15.1 Å². The number of hydrogen-bond donors (Lipinski definition) is 1. The smallest absolute Gasteiger partial charge is 0.325 e. The van der Waals surface area contributed by atoms with Crippen molar-refractivity contribution in [3.05, 3.63) is 60.2 Å². The maximum absolute atomic E-state index is 13.2. The molecule has 1 N–H and O–H groups in total. The van der Waals surface area contributed by atoms with E-state index in [4.69, 9.17) is 0 Å². The number of rotatable bonds is 6. The van der Waals surface area contributed by atoms with Crippen LogP contribution >= 0.6 is 0 Å². The summed E-state index contributed by atoms with van der Waals surface area (Å²) in [5.41, 5.74) is 0.338. The zero-order valence-electron chi connectivity index (χ0n) is 16.5. The number of carbonyl (C=O) groups is 3. The first kappa shape index (κ1) is 19.6. The molecule has 0 aliphatic carbocycles. The van der Waals surface area contributed by atoms with Crippen molar-refractivity contribution in [2.45, 2.75) is 26.3 Å². The van der Waals surface area contributed by atoms with Crippen LogP contribution in [0.15, 0.2) is 54.6 Å². The van der Waals surface area contributed by atoms with E-state index in [1.807, 2.05) is 56.3 Å². The molecule has 3 rings (SSSR count). The summed E-state index contributed by atoms with van der Waals surface area (Å²) in [5.74, 6) is -0.704. The number of hydrogen-bond acceptors (Lipinski definition) is 3. The van der Waals surface area contributed by atoms with Gasteiger partial charge in [-0.3, -0.25) is 14.5 Å². The number of nitrogens with one attached hydrogen (secondary N) is 1. The van der Waals surface area contributed by atoms with Crippen LogP contribution in [0.25, 0.3) is 10.8 Å². The van der Waals surface area contributed by atoms with Crippen molar-refractivity contribution >= 4 is 28.6 Å². The highest BCUT2D eigenvalue weighted by molar-refractivity contribution is 6.10. The average molecular weight is 379 g/mol. The van der Waals surface area contributed by atoms with Crippen molar-refractivity contribution in [2.24, 2.45) is 0 Å². The molecular formula is C22H25N3O3. The Balaban J connectivity index is 1.90. The van der Waals surface area contributed by atoms with Crippen LogP contribution < -0.4 is 5.32 Å². The van der Waals surface area contributed by atoms with Gasteiger partial charge in [-0.2, -0.15) is 0 Å². The summed E-state index contributed by atoms with van der Waals surface area (Å²) < 4.78 is 0. The third-order valence-electron chi connectivity index (χ3n) is 5.09. The minimum Gasteiger partial charge on any atom is -0.337 e. The SMILES string of the molecule is C=C(C)CN(CC)C(=O)CN1C(=O)N[C@@](C)(c2cccc3ccccc23)C1=O. The van der Waals surface area contributed by atoms with Gasteiger partial charge < -0.3 is 10.2 Å². The summed E-state index contributed by atoms with van der Waals surface area (Å²) in [6.07, 6.45) is 0. The van der Waals surface area contributed by atoms with E-state index in [2.05, 4.69) is 11.9 Å². The van der Waals surface area contributed by atoms with Crippen LogP contribution in [0.4, 0.5) is 4.79 Å². The monoisotopic (exact) mass is 379 g/mol. The lowest BCUT2D eigenvalue weighted by Gasteiger charge is -2.25. The average Bonchev–Trinajstić information content (AvgIpc) is 2.89. The first-order chi connectivity index (χ1) is 13.3. The van der Waals surface area contributed by atoms with E-state index >= 15 is 0 Å². The van der Waals surface area contributed by atoms with Gasteiger partial charge >= 0.3 is 6.03 Å². The molecular weight excluding hydrogens is 354 g/mol. The molecule has 1 aliphatic rings. The van der Waals surface area contributed by atoms with Crippen LogP contribution in [0.5, 0.6) is 0 Å². The molecule has 0 saturated carbocycles. The van der Waals surface area contributed by atoms with Crippen molar-refractivity contribution in [1.29, 1.82) is 0 Å². The lowest BCUT2D eigenvalue weighted by atomic mass is 9.88. The molecule has 146 valence electrons. The van der Waals surface area contributed by atoms with Crippen LogP contribution in [0.2, 0.25) is 0 Å². The molecule has 0 radical (unpaired) electrons. The first-order valence-corrected chi connectivity index (χ1v) is 9.32. The van der Waals surface area contributed by atoms with Crippen LogP contribution in [0, 0.1) is 0 Å². The van der Waals surface area contributed by atoms with Gasteiger partial charge in [-0.05, 0) is 37.1 Å². The molecule has 0 unspecified atom stereocenters. The van der Waals surface area contributed by atoms with Crippen molar-refractivity contribution in [2.75, 3.05) is 19.6 Å². The maximum Gasteiger partial charge on any atom is 0.325 e. The standard InChI is InChI=1S/C22H25N3O3/c1-5-24(13-15(2)3)19(26)14-25-20(27)22(4,23-21(25)28)18-12-8-10-16-9-6-7-11-17(16)18/h6-12H,2,5,13-14H2,1,3-4H3,(H,23,28)/t22-/m0/s1. The Morgan fingerprint density at radius 1 is 1.18 bits per heavy atom. The number of likely N-dealkylation sites (N-methyl/N-ethyl adjacent to an activating group) is 1. The van der Waals surface area contributed by atoms with E-state index in [0.717, 1.165) is 21.2 Å². The highest BCUT2D eigenvalue weighted by Gasteiger charge is 2.50. The number of imide groups is 1. The number of urea groups is 1. The Hall–Kier alpha value is -3.15. The summed E-state index contributed by atoms with van der Waals surface area (Å²) in [7, 11) is 0. The van der Waals surface area contributed by atoms with Gasteiger partial charge in [0, 0.05) is 13.1 Å². The molecule has 1 atom stereocenters. The molecule has 0 spiro atoms. The third kappa shape index (κ3) is 3.38. The fraction of sp³-hybridized carbons (Fsp3) is 0.318. The number of carbonyl (C=O) groups excluding carboxylic acids is 3. The molecule has 1 fully saturated rings. The van der Waals surface area contributed by atoms with E-state index in [9.17, 15) is 14.4 Å². The van der Waals surface area contributed by atoms with Crippen LogP contribution in [-0.2, 0) is 15.1 Å². The second-order valence-corrected chi connectivity index (χ2v) is 7.34. The molecule has 6 heteroatoms. The van der Waals surface area contributed by atoms with Gasteiger partial charge in [-0.25, -0.2) is 4.79 Å². The highest BCUT2D eigenvalue weighted by Crippen LogP contribution is 2.33. The Morgan fingerprint density at radius 2 is 1.86 bits per heavy atom. The van der Waals surface area contributed by atoms with Crippen molar-refractivity contribution < 1.29 is 14.4 Å². The number of nitrogens with zero attached hydrogens (tertiary/aromatic N) is 2. The second kappa shape index (κ2) is 7.46. The first-order valence-electron chi connectivity index (χ1n) is 9.32. The Kier molecular flexibility index (Phi) is 5.23. The Morgan fingerprint density at radius 3 is 2.54 bits per heavy atom. The summed E-state index contributed by atoms with van der Waals surface area (Å²) >= 11 is 0. The normalized spacial score (nSPS) is 19.0. The Labute approximate surface area is 164 Å². The third-order valence-corrected chi connectivity index (χ3v) is 5.09. The van der Waals surface area contributed by atoms with Gasteiger partial charge in [0.15, 0.2) is 0 Å². The van der Waals surface area contributed by atoms with Crippen LogP contribution in [0.1, 0.15) is 26.3 Å². The highest BCUT2D eigenvalue weighted by atomic mass is 16.2. The molecule has 1 saturated heterocycles. The molecule has 4 amide bonds. The zero-order chi connectivity index (χ0) is 20.5. The van der Waals surface area contributed by atoms with Crippen molar-refractivity contribution in [3.63, 3.8) is 0 Å². The summed E-state index contributed by atoms with van der Waals surface area (Å²) in [6.45, 7) is 9.80. The predicted molar refractivity (Wildman–Crippen MR) is 109 cm³/mol. The lowest BCUT2D eigenvalue weighted by molar-refractivity contribution is -0.138. The molecule has 0 bridgehead atoms. The van der Waals surface area contributed by atoms with Gasteiger partial charge in [0.05, 0.1) is 0 Å². The predicted octanol–water partition coefficient (Wildman–Crippen LogP) is 3.03. The topological polar surface area (TPSA) is 69.7 Å². The van der Waals surface area contributed by atoms with E-state index < -0.39 is 17.5 Å². The largest absolute Gasteiger partial charge is 0.337 e. The lowest BCUT2D eigenvalue weighted by Crippen LogP contribution is -2.45. The van der Waals surface area contributed by atoms with E-state index in [1.165, 1.54) is 0 Å². The molecule has 1 heterocycles.